The van der Waals surface area contributed by atoms with Gasteiger partial charge in [-0.3, -0.25) is 0 Å². The summed E-state index contributed by atoms with van der Waals surface area (Å²) in [4.78, 5) is 12.1. The first-order valence-electron chi connectivity index (χ1n) is 4.41. The van der Waals surface area contributed by atoms with Crippen molar-refractivity contribution in [1.29, 1.82) is 0 Å². The van der Waals surface area contributed by atoms with Gasteiger partial charge in [-0.15, -0.1) is 0 Å². The van der Waals surface area contributed by atoms with E-state index in [2.05, 4.69) is 20.3 Å². The van der Waals surface area contributed by atoms with Gasteiger partial charge >= 0.3 is 0 Å². The summed E-state index contributed by atoms with van der Waals surface area (Å²) in [6.07, 6.45) is 1.64. The first-order chi connectivity index (χ1) is 7.22. The molecule has 0 saturated carbocycles. The first-order valence-corrected chi connectivity index (χ1v) is 4.79. The van der Waals surface area contributed by atoms with E-state index >= 15 is 0 Å². The fourth-order valence-electron chi connectivity index (χ4n) is 1.33. The Morgan fingerprint density at radius 1 is 1.53 bits per heavy atom. The minimum atomic E-state index is 0.0287. The molecular formula is C8H10ClN5O. The van der Waals surface area contributed by atoms with E-state index in [9.17, 15) is 0 Å². The van der Waals surface area contributed by atoms with Crippen LogP contribution in [0.1, 0.15) is 0 Å². The van der Waals surface area contributed by atoms with Gasteiger partial charge in [0.1, 0.15) is 5.52 Å². The largest absolute Gasteiger partial charge is 0.395 e. The number of fused-ring (bicyclic) bond motifs is 1. The lowest BCUT2D eigenvalue weighted by Crippen LogP contribution is -2.09. The number of anilines is 1. The number of halogens is 1. The van der Waals surface area contributed by atoms with E-state index in [0.717, 1.165) is 5.52 Å². The highest BCUT2D eigenvalue weighted by Crippen LogP contribution is 2.20. The van der Waals surface area contributed by atoms with Gasteiger partial charge in [-0.1, -0.05) is 0 Å². The maximum atomic E-state index is 8.73. The van der Waals surface area contributed by atoms with Crippen LogP contribution in [0.15, 0.2) is 6.33 Å². The quantitative estimate of drug-likeness (QED) is 0.744. The highest BCUT2D eigenvalue weighted by atomic mass is 35.5. The van der Waals surface area contributed by atoms with Gasteiger partial charge in [-0.05, 0) is 11.6 Å². The maximum absolute atomic E-state index is 8.73. The van der Waals surface area contributed by atoms with E-state index in [-0.39, 0.29) is 11.9 Å². The number of aliphatic hydroxyl groups is 1. The van der Waals surface area contributed by atoms with Crippen LogP contribution >= 0.6 is 11.6 Å². The molecule has 0 unspecified atom stereocenters. The number of hydrogen-bond acceptors (Lipinski definition) is 5. The summed E-state index contributed by atoms with van der Waals surface area (Å²) in [5.41, 5.74) is 1.31. The highest BCUT2D eigenvalue weighted by Gasteiger charge is 2.10. The molecule has 2 N–H and O–H groups in total. The molecule has 15 heavy (non-hydrogen) atoms. The smallest absolute Gasteiger partial charge is 0.226 e. The average Bonchev–Trinajstić information content (AvgIpc) is 2.56. The zero-order valence-corrected chi connectivity index (χ0v) is 8.86. The number of nitrogens with one attached hydrogen (secondary N) is 1. The van der Waals surface area contributed by atoms with Gasteiger partial charge in [0.05, 0.1) is 12.9 Å². The van der Waals surface area contributed by atoms with Gasteiger partial charge in [0, 0.05) is 13.6 Å². The molecule has 6 nitrogen and oxygen atoms in total. The molecular weight excluding hydrogens is 218 g/mol. The van der Waals surface area contributed by atoms with Gasteiger partial charge < -0.3 is 15.0 Å². The summed E-state index contributed by atoms with van der Waals surface area (Å²) in [5.74, 6) is 0.582. The fraction of sp³-hybridized carbons (Fsp3) is 0.375. The summed E-state index contributed by atoms with van der Waals surface area (Å²) in [7, 11) is 1.84. The molecule has 0 atom stereocenters. The van der Waals surface area contributed by atoms with E-state index in [0.29, 0.717) is 18.0 Å². The Bertz CT molecular complexity index is 483. The monoisotopic (exact) mass is 227 g/mol. The SMILES string of the molecule is Cn1cnc2nc(Cl)nc(NCCO)c21. The van der Waals surface area contributed by atoms with Crippen LogP contribution in [0.4, 0.5) is 5.82 Å². The molecule has 7 heteroatoms. The lowest BCUT2D eigenvalue weighted by molar-refractivity contribution is 0.311. The van der Waals surface area contributed by atoms with Gasteiger partial charge in [-0.2, -0.15) is 9.97 Å². The normalized spacial score (nSPS) is 10.9. The third kappa shape index (κ3) is 1.86. The van der Waals surface area contributed by atoms with Crippen LogP contribution in [0, 0.1) is 0 Å². The zero-order chi connectivity index (χ0) is 10.8. The molecule has 0 fully saturated rings. The molecule has 0 amide bonds. The molecule has 0 radical (unpaired) electrons. The van der Waals surface area contributed by atoms with E-state index in [1.807, 2.05) is 7.05 Å². The van der Waals surface area contributed by atoms with Gasteiger partial charge in [0.2, 0.25) is 5.28 Å². The molecule has 0 aromatic carbocycles. The lowest BCUT2D eigenvalue weighted by Gasteiger charge is -2.05. The van der Waals surface area contributed by atoms with Crippen LogP contribution in [-0.4, -0.2) is 37.8 Å². The summed E-state index contributed by atoms with van der Waals surface area (Å²) >= 11 is 5.74. The number of imidazole rings is 1. The van der Waals surface area contributed by atoms with Crippen LogP contribution in [0.3, 0.4) is 0 Å². The van der Waals surface area contributed by atoms with Crippen molar-refractivity contribution in [3.05, 3.63) is 11.6 Å². The van der Waals surface area contributed by atoms with E-state index in [1.54, 1.807) is 10.9 Å². The number of aromatic nitrogens is 4. The molecule has 0 aliphatic rings. The van der Waals surface area contributed by atoms with Crippen molar-refractivity contribution < 1.29 is 5.11 Å². The third-order valence-corrected chi connectivity index (χ3v) is 2.12. The number of hydrogen-bond donors (Lipinski definition) is 2. The average molecular weight is 228 g/mol. The highest BCUT2D eigenvalue weighted by molar-refractivity contribution is 6.28. The summed E-state index contributed by atoms with van der Waals surface area (Å²) in [5, 5.41) is 11.8. The fourth-order valence-corrected chi connectivity index (χ4v) is 1.49. The van der Waals surface area contributed by atoms with Crippen molar-refractivity contribution in [2.24, 2.45) is 7.05 Å². The van der Waals surface area contributed by atoms with Crippen LogP contribution in [-0.2, 0) is 7.05 Å². The Morgan fingerprint density at radius 3 is 3.07 bits per heavy atom. The molecule has 0 aliphatic heterocycles. The van der Waals surface area contributed by atoms with Crippen molar-refractivity contribution in [2.75, 3.05) is 18.5 Å². The Kier molecular flexibility index (Phi) is 2.70. The maximum Gasteiger partial charge on any atom is 0.226 e. The summed E-state index contributed by atoms with van der Waals surface area (Å²) in [6.45, 7) is 0.439. The molecule has 2 aromatic rings. The second-order valence-electron chi connectivity index (χ2n) is 3.02. The predicted molar refractivity (Wildman–Crippen MR) is 56.9 cm³/mol. The topological polar surface area (TPSA) is 75.9 Å². The van der Waals surface area contributed by atoms with E-state index in [1.165, 1.54) is 0 Å². The third-order valence-electron chi connectivity index (χ3n) is 1.95. The molecule has 2 heterocycles. The van der Waals surface area contributed by atoms with Crippen LogP contribution in [0.5, 0.6) is 0 Å². The molecule has 0 bridgehead atoms. The second-order valence-corrected chi connectivity index (χ2v) is 3.36. The van der Waals surface area contributed by atoms with Crippen LogP contribution < -0.4 is 5.32 Å². The molecule has 80 valence electrons. The zero-order valence-electron chi connectivity index (χ0n) is 8.11. The number of aryl methyl sites for hydroxylation is 1. The lowest BCUT2D eigenvalue weighted by atomic mass is 10.4. The standard InChI is InChI=1S/C8H10ClN5O/c1-14-4-11-7-5(14)6(10-2-3-15)12-8(9)13-7/h4,15H,2-3H2,1H3,(H,10,12,13). The summed E-state index contributed by atoms with van der Waals surface area (Å²) in [6, 6.07) is 0. The Labute approximate surface area is 90.9 Å². The Morgan fingerprint density at radius 2 is 2.33 bits per heavy atom. The Balaban J connectivity index is 2.53. The predicted octanol–water partition coefficient (Wildman–Crippen LogP) is 0.421. The number of rotatable bonds is 3. The first kappa shape index (κ1) is 10.1. The molecule has 0 aliphatic carbocycles. The van der Waals surface area contributed by atoms with E-state index in [4.69, 9.17) is 16.7 Å². The van der Waals surface area contributed by atoms with Gasteiger partial charge in [0.25, 0.3) is 0 Å². The van der Waals surface area contributed by atoms with Crippen molar-refractivity contribution in [3.63, 3.8) is 0 Å². The van der Waals surface area contributed by atoms with Crippen molar-refractivity contribution >= 4 is 28.6 Å². The van der Waals surface area contributed by atoms with Crippen molar-refractivity contribution in [3.8, 4) is 0 Å². The summed E-state index contributed by atoms with van der Waals surface area (Å²) < 4.78 is 1.80. The van der Waals surface area contributed by atoms with E-state index < -0.39 is 0 Å². The molecule has 2 aromatic heterocycles. The van der Waals surface area contributed by atoms with Gasteiger partial charge in [-0.25, -0.2) is 4.98 Å². The minimum Gasteiger partial charge on any atom is -0.395 e. The molecule has 0 saturated heterocycles. The van der Waals surface area contributed by atoms with Crippen LogP contribution in [0.25, 0.3) is 11.2 Å². The van der Waals surface area contributed by atoms with Crippen molar-refractivity contribution in [1.82, 2.24) is 19.5 Å². The second kappa shape index (κ2) is 4.00. The minimum absolute atomic E-state index is 0.0287. The molecule has 0 spiro atoms. The van der Waals surface area contributed by atoms with Gasteiger partial charge in [0.15, 0.2) is 11.5 Å². The van der Waals surface area contributed by atoms with Crippen LogP contribution in [0.2, 0.25) is 5.28 Å². The van der Waals surface area contributed by atoms with Crippen molar-refractivity contribution in [2.45, 2.75) is 0 Å². The molecule has 2 rings (SSSR count). The Hall–Kier alpha value is -1.40. The number of nitrogens with zero attached hydrogens (tertiary/aromatic N) is 4. The number of aliphatic hydroxyl groups excluding tert-OH is 1.